The van der Waals surface area contributed by atoms with E-state index in [2.05, 4.69) is 20.5 Å². The van der Waals surface area contributed by atoms with Crippen molar-refractivity contribution >= 4 is 29.1 Å². The minimum Gasteiger partial charge on any atom is -0.508 e. The Bertz CT molecular complexity index is 966. The van der Waals surface area contributed by atoms with E-state index in [4.69, 9.17) is 11.6 Å². The number of aromatic nitrogens is 1. The Labute approximate surface area is 187 Å². The highest BCUT2D eigenvalue weighted by molar-refractivity contribution is 6.31. The average molecular weight is 445 g/mol. The lowest BCUT2D eigenvalue weighted by Gasteiger charge is -2.20. The number of nitrogens with one attached hydrogen (secondary N) is 2. The summed E-state index contributed by atoms with van der Waals surface area (Å²) >= 11 is 6.41. The SMILES string of the molecule is CC(C)(C)NC(=O)c1cc(NC(=O)Cc2cc(Cl)c(CN3CCCC3)cc2O)ccn1. The number of phenols is 1. The molecule has 1 aliphatic rings. The lowest BCUT2D eigenvalue weighted by molar-refractivity contribution is -0.115. The van der Waals surface area contributed by atoms with Gasteiger partial charge in [-0.05, 0) is 76.5 Å². The van der Waals surface area contributed by atoms with Crippen molar-refractivity contribution < 1.29 is 14.7 Å². The Kier molecular flexibility index (Phi) is 7.18. The maximum absolute atomic E-state index is 12.5. The van der Waals surface area contributed by atoms with E-state index in [-0.39, 0.29) is 29.7 Å². The lowest BCUT2D eigenvalue weighted by Crippen LogP contribution is -2.40. The van der Waals surface area contributed by atoms with Crippen LogP contribution in [0.25, 0.3) is 0 Å². The molecule has 0 unspecified atom stereocenters. The maximum Gasteiger partial charge on any atom is 0.270 e. The number of nitrogens with zero attached hydrogens (tertiary/aromatic N) is 2. The molecule has 2 amide bonds. The third-order valence-electron chi connectivity index (χ3n) is 4.96. The van der Waals surface area contributed by atoms with Gasteiger partial charge in [-0.3, -0.25) is 19.5 Å². The zero-order chi connectivity index (χ0) is 22.6. The zero-order valence-corrected chi connectivity index (χ0v) is 18.9. The van der Waals surface area contributed by atoms with Crippen LogP contribution in [-0.4, -0.2) is 45.4 Å². The Balaban J connectivity index is 1.65. The van der Waals surface area contributed by atoms with Crippen LogP contribution in [0.3, 0.4) is 0 Å². The largest absolute Gasteiger partial charge is 0.508 e. The van der Waals surface area contributed by atoms with E-state index in [0.29, 0.717) is 22.8 Å². The first kappa shape index (κ1) is 23.0. The topological polar surface area (TPSA) is 94.6 Å². The number of amides is 2. The fourth-order valence-corrected chi connectivity index (χ4v) is 3.75. The van der Waals surface area contributed by atoms with E-state index in [9.17, 15) is 14.7 Å². The van der Waals surface area contributed by atoms with Gasteiger partial charge in [0.2, 0.25) is 5.91 Å². The van der Waals surface area contributed by atoms with Crippen molar-refractivity contribution in [3.8, 4) is 5.75 Å². The van der Waals surface area contributed by atoms with E-state index in [1.807, 2.05) is 20.8 Å². The van der Waals surface area contributed by atoms with Crippen molar-refractivity contribution in [2.24, 2.45) is 0 Å². The Morgan fingerprint density at radius 1 is 1.16 bits per heavy atom. The molecule has 166 valence electrons. The summed E-state index contributed by atoms with van der Waals surface area (Å²) in [6.45, 7) is 8.39. The van der Waals surface area contributed by atoms with Crippen LogP contribution < -0.4 is 10.6 Å². The molecule has 0 atom stereocenters. The number of likely N-dealkylation sites (tertiary alicyclic amines) is 1. The number of carbonyl (C=O) groups excluding carboxylic acids is 2. The predicted molar refractivity (Wildman–Crippen MR) is 121 cm³/mol. The van der Waals surface area contributed by atoms with Crippen LogP contribution in [0.5, 0.6) is 5.75 Å². The summed E-state index contributed by atoms with van der Waals surface area (Å²) in [6, 6.07) is 6.42. The molecule has 0 bridgehead atoms. The minimum absolute atomic E-state index is 0.0403. The van der Waals surface area contributed by atoms with Gasteiger partial charge in [0, 0.05) is 34.6 Å². The van der Waals surface area contributed by atoms with Crippen molar-refractivity contribution in [2.45, 2.75) is 52.1 Å². The van der Waals surface area contributed by atoms with Crippen LogP contribution >= 0.6 is 11.6 Å². The average Bonchev–Trinajstić information content (AvgIpc) is 3.17. The minimum atomic E-state index is -0.393. The normalized spacial score (nSPS) is 14.5. The summed E-state index contributed by atoms with van der Waals surface area (Å²) in [5.74, 6) is -0.595. The first-order valence-corrected chi connectivity index (χ1v) is 10.8. The van der Waals surface area contributed by atoms with Gasteiger partial charge >= 0.3 is 0 Å². The van der Waals surface area contributed by atoms with Gasteiger partial charge in [-0.2, -0.15) is 0 Å². The molecule has 0 aliphatic carbocycles. The molecule has 0 saturated carbocycles. The summed E-state index contributed by atoms with van der Waals surface area (Å²) in [6.07, 6.45) is 3.78. The van der Waals surface area contributed by atoms with Gasteiger partial charge in [-0.1, -0.05) is 11.6 Å². The Morgan fingerprint density at radius 2 is 1.87 bits per heavy atom. The molecule has 2 aromatic rings. The zero-order valence-electron chi connectivity index (χ0n) is 18.2. The van der Waals surface area contributed by atoms with E-state index >= 15 is 0 Å². The molecule has 3 N–H and O–H groups in total. The van der Waals surface area contributed by atoms with Crippen LogP contribution in [0.2, 0.25) is 5.02 Å². The molecule has 8 heteroatoms. The summed E-state index contributed by atoms with van der Waals surface area (Å²) in [4.78, 5) is 31.2. The predicted octanol–water partition coefficient (Wildman–Crippen LogP) is 3.75. The molecule has 1 aromatic carbocycles. The molecule has 2 heterocycles. The Hall–Kier alpha value is -2.64. The summed E-state index contributed by atoms with van der Waals surface area (Å²) in [7, 11) is 0. The fourth-order valence-electron chi connectivity index (χ4n) is 3.51. The third kappa shape index (κ3) is 6.67. The molecule has 1 aromatic heterocycles. The van der Waals surface area contributed by atoms with Crippen LogP contribution in [0.4, 0.5) is 5.69 Å². The molecule has 31 heavy (non-hydrogen) atoms. The first-order chi connectivity index (χ1) is 14.6. The number of hydrogen-bond donors (Lipinski definition) is 3. The van der Waals surface area contributed by atoms with Gasteiger partial charge in [-0.25, -0.2) is 0 Å². The van der Waals surface area contributed by atoms with Gasteiger partial charge in [0.1, 0.15) is 11.4 Å². The quantitative estimate of drug-likeness (QED) is 0.630. The number of halogens is 1. The third-order valence-corrected chi connectivity index (χ3v) is 5.31. The molecular formula is C23H29ClN4O3. The van der Waals surface area contributed by atoms with Crippen LogP contribution in [0.15, 0.2) is 30.5 Å². The molecule has 1 fully saturated rings. The van der Waals surface area contributed by atoms with Crippen molar-refractivity contribution in [3.63, 3.8) is 0 Å². The van der Waals surface area contributed by atoms with E-state index in [0.717, 1.165) is 18.7 Å². The van der Waals surface area contributed by atoms with Gasteiger partial charge in [0.05, 0.1) is 6.42 Å². The van der Waals surface area contributed by atoms with E-state index in [1.54, 1.807) is 18.2 Å². The molecule has 1 aliphatic heterocycles. The van der Waals surface area contributed by atoms with Crippen LogP contribution in [0, 0.1) is 0 Å². The second kappa shape index (κ2) is 9.66. The highest BCUT2D eigenvalue weighted by Gasteiger charge is 2.18. The van der Waals surface area contributed by atoms with E-state index < -0.39 is 5.54 Å². The van der Waals surface area contributed by atoms with Gasteiger partial charge in [0.25, 0.3) is 5.91 Å². The molecule has 7 nitrogen and oxygen atoms in total. The number of anilines is 1. The van der Waals surface area contributed by atoms with Crippen molar-refractivity contribution in [1.82, 2.24) is 15.2 Å². The molecule has 1 saturated heterocycles. The van der Waals surface area contributed by atoms with Gasteiger partial charge in [-0.15, -0.1) is 0 Å². The van der Waals surface area contributed by atoms with Gasteiger partial charge < -0.3 is 15.7 Å². The fraction of sp³-hybridized carbons (Fsp3) is 0.435. The molecular weight excluding hydrogens is 416 g/mol. The number of benzene rings is 1. The second-order valence-corrected chi connectivity index (χ2v) is 9.32. The van der Waals surface area contributed by atoms with Crippen LogP contribution in [-0.2, 0) is 17.8 Å². The number of phenolic OH excluding ortho intramolecular Hbond substituents is 1. The highest BCUT2D eigenvalue weighted by Crippen LogP contribution is 2.29. The van der Waals surface area contributed by atoms with Crippen molar-refractivity contribution in [1.29, 1.82) is 0 Å². The number of carbonyl (C=O) groups is 2. The van der Waals surface area contributed by atoms with Crippen LogP contribution in [0.1, 0.15) is 55.2 Å². The monoisotopic (exact) mass is 444 g/mol. The highest BCUT2D eigenvalue weighted by atomic mass is 35.5. The number of aromatic hydroxyl groups is 1. The summed E-state index contributed by atoms with van der Waals surface area (Å²) < 4.78 is 0. The molecule has 0 spiro atoms. The van der Waals surface area contributed by atoms with Gasteiger partial charge in [0.15, 0.2) is 0 Å². The lowest BCUT2D eigenvalue weighted by atomic mass is 10.1. The number of hydrogen-bond acceptors (Lipinski definition) is 5. The first-order valence-electron chi connectivity index (χ1n) is 10.4. The maximum atomic E-state index is 12.5. The standard InChI is InChI=1S/C23H29ClN4O3/c1-23(2,3)27-22(31)19-13-17(6-7-25-19)26-21(30)12-15-10-18(24)16(11-20(15)29)14-28-8-4-5-9-28/h6-7,10-11,13,29H,4-5,8-9,12,14H2,1-3H3,(H,27,31)(H,25,26,30). The molecule has 3 rings (SSSR count). The summed E-state index contributed by atoms with van der Waals surface area (Å²) in [5, 5.41) is 16.5. The molecule has 0 radical (unpaired) electrons. The van der Waals surface area contributed by atoms with E-state index in [1.165, 1.54) is 25.1 Å². The number of pyridine rings is 1. The summed E-state index contributed by atoms with van der Waals surface area (Å²) in [5.41, 5.74) is 1.58. The smallest absolute Gasteiger partial charge is 0.270 e. The number of rotatable bonds is 6. The Morgan fingerprint density at radius 3 is 2.55 bits per heavy atom. The van der Waals surface area contributed by atoms with Crippen molar-refractivity contribution in [2.75, 3.05) is 18.4 Å². The second-order valence-electron chi connectivity index (χ2n) is 8.91. The van der Waals surface area contributed by atoms with Crippen molar-refractivity contribution in [3.05, 3.63) is 52.3 Å².